The van der Waals surface area contributed by atoms with Crippen molar-refractivity contribution in [3.8, 4) is 0 Å². The van der Waals surface area contributed by atoms with E-state index in [2.05, 4.69) is 44.1 Å². The molecule has 3 aromatic rings. The van der Waals surface area contributed by atoms with Gasteiger partial charge in [0.2, 0.25) is 5.91 Å². The van der Waals surface area contributed by atoms with Crippen LogP contribution in [0.3, 0.4) is 0 Å². The maximum atomic E-state index is 12.1. The first-order valence-corrected chi connectivity index (χ1v) is 8.63. The molecule has 0 radical (unpaired) electrons. The van der Waals surface area contributed by atoms with Crippen LogP contribution >= 0.6 is 27.7 Å². The summed E-state index contributed by atoms with van der Waals surface area (Å²) < 4.78 is 3.08. The highest BCUT2D eigenvalue weighted by molar-refractivity contribution is 9.10. The fraction of sp³-hybridized carbons (Fsp3) is 0.118. The third-order valence-electron chi connectivity index (χ3n) is 3.35. The zero-order chi connectivity index (χ0) is 15.5. The highest BCUT2D eigenvalue weighted by Gasteiger charge is 2.09. The summed E-state index contributed by atoms with van der Waals surface area (Å²) in [6.07, 6.45) is 2.07. The second kappa shape index (κ2) is 6.58. The van der Waals surface area contributed by atoms with Crippen molar-refractivity contribution >= 4 is 50.2 Å². The van der Waals surface area contributed by atoms with Crippen LogP contribution in [0.15, 0.2) is 64.1 Å². The first-order valence-electron chi connectivity index (χ1n) is 6.86. The van der Waals surface area contributed by atoms with Gasteiger partial charge in [-0.05, 0) is 30.3 Å². The van der Waals surface area contributed by atoms with E-state index in [1.807, 2.05) is 43.4 Å². The molecule has 112 valence electrons. The van der Waals surface area contributed by atoms with Crippen LogP contribution in [0.25, 0.3) is 10.9 Å². The number of nitrogens with one attached hydrogen (secondary N) is 1. The third-order valence-corrected chi connectivity index (χ3v) is 4.92. The van der Waals surface area contributed by atoms with Crippen molar-refractivity contribution in [3.63, 3.8) is 0 Å². The lowest BCUT2D eigenvalue weighted by molar-refractivity contribution is -0.113. The Morgan fingerprint density at radius 1 is 1.18 bits per heavy atom. The highest BCUT2D eigenvalue weighted by atomic mass is 79.9. The summed E-state index contributed by atoms with van der Waals surface area (Å²) in [5.41, 5.74) is 1.99. The van der Waals surface area contributed by atoms with Crippen LogP contribution in [0.1, 0.15) is 0 Å². The molecule has 2 aromatic carbocycles. The number of amides is 1. The number of hydrogen-bond donors (Lipinski definition) is 1. The van der Waals surface area contributed by atoms with Crippen LogP contribution in [-0.2, 0) is 11.8 Å². The van der Waals surface area contributed by atoms with Crippen LogP contribution < -0.4 is 5.32 Å². The summed E-state index contributed by atoms with van der Waals surface area (Å²) in [6, 6.07) is 15.8. The summed E-state index contributed by atoms with van der Waals surface area (Å²) in [5.74, 6) is 0.393. The summed E-state index contributed by atoms with van der Waals surface area (Å²) in [4.78, 5) is 13.2. The molecule has 0 bridgehead atoms. The Balaban J connectivity index is 1.66. The van der Waals surface area contributed by atoms with Gasteiger partial charge in [0.05, 0.1) is 5.75 Å². The monoisotopic (exact) mass is 374 g/mol. The van der Waals surface area contributed by atoms with Crippen molar-refractivity contribution in [2.45, 2.75) is 4.90 Å². The largest absolute Gasteiger partial charge is 0.349 e. The van der Waals surface area contributed by atoms with Gasteiger partial charge in [-0.1, -0.05) is 34.1 Å². The number of para-hydroxylation sites is 1. The van der Waals surface area contributed by atoms with Crippen LogP contribution in [0.4, 0.5) is 5.69 Å². The quantitative estimate of drug-likeness (QED) is 0.673. The van der Waals surface area contributed by atoms with Crippen LogP contribution in [-0.4, -0.2) is 16.2 Å². The maximum absolute atomic E-state index is 12.1. The second-order valence-electron chi connectivity index (χ2n) is 4.97. The number of nitrogens with zero attached hydrogens (tertiary/aromatic N) is 1. The standard InChI is InChI=1S/C17H15BrN2OS/c1-20-10-16(14-4-2-3-5-15(14)20)22-11-17(21)19-13-8-6-12(18)7-9-13/h2-10H,11H2,1H3,(H,19,21). The van der Waals surface area contributed by atoms with E-state index in [0.717, 1.165) is 15.1 Å². The summed E-state index contributed by atoms with van der Waals surface area (Å²) in [5, 5.41) is 4.09. The summed E-state index contributed by atoms with van der Waals surface area (Å²) in [6.45, 7) is 0. The average molecular weight is 375 g/mol. The van der Waals surface area contributed by atoms with E-state index in [1.165, 1.54) is 10.9 Å². The number of aromatic nitrogens is 1. The van der Waals surface area contributed by atoms with Gasteiger partial charge in [0, 0.05) is 39.2 Å². The average Bonchev–Trinajstić information content (AvgIpc) is 2.85. The van der Waals surface area contributed by atoms with Gasteiger partial charge in [0.25, 0.3) is 0 Å². The molecule has 0 saturated carbocycles. The Bertz CT molecular complexity index is 811. The number of carbonyl (C=O) groups excluding carboxylic acids is 1. The molecule has 3 rings (SSSR count). The van der Waals surface area contributed by atoms with Gasteiger partial charge in [-0.15, -0.1) is 11.8 Å². The van der Waals surface area contributed by atoms with Gasteiger partial charge in [-0.2, -0.15) is 0 Å². The third kappa shape index (κ3) is 3.36. The fourth-order valence-electron chi connectivity index (χ4n) is 2.29. The van der Waals surface area contributed by atoms with Gasteiger partial charge in [0.15, 0.2) is 0 Å². The van der Waals surface area contributed by atoms with Crippen molar-refractivity contribution in [2.24, 2.45) is 7.05 Å². The lowest BCUT2D eigenvalue weighted by Crippen LogP contribution is -2.13. The Kier molecular flexibility index (Phi) is 4.55. The number of carbonyl (C=O) groups is 1. The first kappa shape index (κ1) is 15.2. The zero-order valence-electron chi connectivity index (χ0n) is 12.0. The molecule has 0 saturated heterocycles. The Labute approximate surface area is 141 Å². The number of rotatable bonds is 4. The van der Waals surface area contributed by atoms with Crippen molar-refractivity contribution in [2.75, 3.05) is 11.1 Å². The molecule has 1 heterocycles. The smallest absolute Gasteiger partial charge is 0.234 e. The molecule has 1 N–H and O–H groups in total. The number of thioether (sulfide) groups is 1. The number of anilines is 1. The lowest BCUT2D eigenvalue weighted by atomic mass is 10.2. The van der Waals surface area contributed by atoms with Crippen LogP contribution in [0, 0.1) is 0 Å². The molecule has 0 fully saturated rings. The van der Waals surface area contributed by atoms with Gasteiger partial charge in [-0.3, -0.25) is 4.79 Å². The van der Waals surface area contributed by atoms with E-state index in [9.17, 15) is 4.79 Å². The zero-order valence-corrected chi connectivity index (χ0v) is 14.4. The Hall–Kier alpha value is -1.72. The minimum Gasteiger partial charge on any atom is -0.349 e. The topological polar surface area (TPSA) is 34.0 Å². The molecular weight excluding hydrogens is 360 g/mol. The molecule has 0 unspecified atom stereocenters. The molecular formula is C17H15BrN2OS. The molecule has 0 aliphatic carbocycles. The number of hydrogen-bond acceptors (Lipinski definition) is 2. The SMILES string of the molecule is Cn1cc(SCC(=O)Nc2ccc(Br)cc2)c2ccccc21. The number of fused-ring (bicyclic) bond motifs is 1. The maximum Gasteiger partial charge on any atom is 0.234 e. The van der Waals surface area contributed by atoms with E-state index in [0.29, 0.717) is 5.75 Å². The van der Waals surface area contributed by atoms with Gasteiger partial charge < -0.3 is 9.88 Å². The molecule has 5 heteroatoms. The fourth-order valence-corrected chi connectivity index (χ4v) is 3.48. The van der Waals surface area contributed by atoms with E-state index in [4.69, 9.17) is 0 Å². The minimum absolute atomic E-state index is 0.000238. The predicted molar refractivity (Wildman–Crippen MR) is 96.4 cm³/mol. The van der Waals surface area contributed by atoms with Crippen LogP contribution in [0.2, 0.25) is 0 Å². The molecule has 0 spiro atoms. The summed E-state index contributed by atoms with van der Waals surface area (Å²) >= 11 is 4.94. The van der Waals surface area contributed by atoms with Crippen molar-refractivity contribution in [3.05, 3.63) is 59.2 Å². The van der Waals surface area contributed by atoms with Crippen molar-refractivity contribution < 1.29 is 4.79 Å². The lowest BCUT2D eigenvalue weighted by Gasteiger charge is -2.04. The van der Waals surface area contributed by atoms with Gasteiger partial charge >= 0.3 is 0 Å². The molecule has 3 nitrogen and oxygen atoms in total. The molecule has 0 aliphatic heterocycles. The highest BCUT2D eigenvalue weighted by Crippen LogP contribution is 2.29. The van der Waals surface area contributed by atoms with Gasteiger partial charge in [0.1, 0.15) is 0 Å². The second-order valence-corrected chi connectivity index (χ2v) is 6.90. The summed E-state index contributed by atoms with van der Waals surface area (Å²) in [7, 11) is 2.02. The number of aryl methyl sites for hydroxylation is 1. The van der Waals surface area contributed by atoms with Crippen molar-refractivity contribution in [1.82, 2.24) is 4.57 Å². The molecule has 0 atom stereocenters. The van der Waals surface area contributed by atoms with E-state index < -0.39 is 0 Å². The molecule has 1 amide bonds. The first-order chi connectivity index (χ1) is 10.6. The minimum atomic E-state index is 0.000238. The Morgan fingerprint density at radius 2 is 1.91 bits per heavy atom. The number of benzene rings is 2. The van der Waals surface area contributed by atoms with E-state index >= 15 is 0 Å². The molecule has 22 heavy (non-hydrogen) atoms. The Morgan fingerprint density at radius 3 is 2.68 bits per heavy atom. The molecule has 1 aromatic heterocycles. The normalized spacial score (nSPS) is 10.8. The van der Waals surface area contributed by atoms with Gasteiger partial charge in [-0.25, -0.2) is 0 Å². The van der Waals surface area contributed by atoms with Crippen LogP contribution in [0.5, 0.6) is 0 Å². The predicted octanol–water partition coefficient (Wildman–Crippen LogP) is 4.67. The molecule has 0 aliphatic rings. The van der Waals surface area contributed by atoms with E-state index in [-0.39, 0.29) is 5.91 Å². The van der Waals surface area contributed by atoms with E-state index in [1.54, 1.807) is 11.8 Å². The number of halogens is 1. The van der Waals surface area contributed by atoms with Crippen molar-refractivity contribution in [1.29, 1.82) is 0 Å².